The number of nitrogens with zero attached hydrogens (tertiary/aromatic N) is 3. The van der Waals surface area contributed by atoms with E-state index in [9.17, 15) is 13.2 Å². The lowest BCUT2D eigenvalue weighted by Crippen LogP contribution is -2.50. The van der Waals surface area contributed by atoms with Gasteiger partial charge in [0, 0.05) is 32.4 Å². The zero-order chi connectivity index (χ0) is 16.4. The van der Waals surface area contributed by atoms with Crippen LogP contribution in [0.15, 0.2) is 44.5 Å². The minimum absolute atomic E-state index is 0.165. The van der Waals surface area contributed by atoms with E-state index in [1.165, 1.54) is 15.6 Å². The number of thiophene rings is 1. The van der Waals surface area contributed by atoms with Crippen LogP contribution in [0.1, 0.15) is 10.5 Å². The van der Waals surface area contributed by atoms with Gasteiger partial charge in [0.1, 0.15) is 9.90 Å². The fourth-order valence-electron chi connectivity index (χ4n) is 2.35. The van der Waals surface area contributed by atoms with E-state index >= 15 is 0 Å². The third-order valence-electron chi connectivity index (χ3n) is 3.55. The van der Waals surface area contributed by atoms with Gasteiger partial charge in [-0.15, -0.1) is 11.3 Å². The molecule has 0 aliphatic carbocycles. The first-order chi connectivity index (χ1) is 11.0. The second-order valence-corrected chi connectivity index (χ2v) is 9.60. The zero-order valence-electron chi connectivity index (χ0n) is 12.1. The van der Waals surface area contributed by atoms with Crippen LogP contribution in [0.2, 0.25) is 0 Å². The lowest BCUT2D eigenvalue weighted by atomic mass is 10.3. The van der Waals surface area contributed by atoms with E-state index in [0.29, 0.717) is 23.0 Å². The SMILES string of the molecule is O=C(c1ccccn1)N1CCN(S(=O)(=O)c2ccc(Br)s2)CC1. The molecule has 0 aromatic carbocycles. The highest BCUT2D eigenvalue weighted by molar-refractivity contribution is 9.11. The van der Waals surface area contributed by atoms with Crippen LogP contribution in [0, 0.1) is 0 Å². The highest BCUT2D eigenvalue weighted by Crippen LogP contribution is 2.29. The number of carbonyl (C=O) groups excluding carboxylic acids is 1. The van der Waals surface area contributed by atoms with Crippen molar-refractivity contribution in [3.63, 3.8) is 0 Å². The number of piperazine rings is 1. The molecule has 0 N–H and O–H groups in total. The average molecular weight is 416 g/mol. The number of hydrogen-bond acceptors (Lipinski definition) is 5. The average Bonchev–Trinajstić information content (AvgIpc) is 3.02. The first-order valence-electron chi connectivity index (χ1n) is 6.94. The molecule has 1 saturated heterocycles. The van der Waals surface area contributed by atoms with E-state index in [1.54, 1.807) is 41.4 Å². The Morgan fingerprint density at radius 2 is 1.87 bits per heavy atom. The largest absolute Gasteiger partial charge is 0.335 e. The first-order valence-corrected chi connectivity index (χ1v) is 9.99. The fraction of sp³-hybridized carbons (Fsp3) is 0.286. The quantitative estimate of drug-likeness (QED) is 0.768. The van der Waals surface area contributed by atoms with Crippen LogP contribution in [0.5, 0.6) is 0 Å². The molecule has 6 nitrogen and oxygen atoms in total. The molecule has 0 spiro atoms. The third kappa shape index (κ3) is 3.47. The van der Waals surface area contributed by atoms with Crippen LogP contribution in [-0.2, 0) is 10.0 Å². The zero-order valence-corrected chi connectivity index (χ0v) is 15.3. The smallest absolute Gasteiger partial charge is 0.272 e. The van der Waals surface area contributed by atoms with E-state index < -0.39 is 10.0 Å². The van der Waals surface area contributed by atoms with Crippen LogP contribution in [0.3, 0.4) is 0 Å². The number of hydrogen-bond donors (Lipinski definition) is 0. The predicted molar refractivity (Wildman–Crippen MR) is 90.9 cm³/mol. The van der Waals surface area contributed by atoms with E-state index in [4.69, 9.17) is 0 Å². The van der Waals surface area contributed by atoms with E-state index in [-0.39, 0.29) is 19.0 Å². The molecule has 0 radical (unpaired) electrons. The highest BCUT2D eigenvalue weighted by atomic mass is 79.9. The maximum absolute atomic E-state index is 12.5. The van der Waals surface area contributed by atoms with Crippen molar-refractivity contribution in [3.8, 4) is 0 Å². The summed E-state index contributed by atoms with van der Waals surface area (Å²) in [6.45, 7) is 1.30. The molecular weight excluding hydrogens is 402 g/mol. The molecule has 122 valence electrons. The summed E-state index contributed by atoms with van der Waals surface area (Å²) in [5, 5.41) is 0. The highest BCUT2D eigenvalue weighted by Gasteiger charge is 2.31. The maximum Gasteiger partial charge on any atom is 0.272 e. The minimum atomic E-state index is -3.49. The Labute approximate surface area is 146 Å². The van der Waals surface area contributed by atoms with Crippen LogP contribution in [-0.4, -0.2) is 54.7 Å². The fourth-order valence-corrected chi connectivity index (χ4v) is 5.93. The molecule has 1 aliphatic heterocycles. The normalized spacial score (nSPS) is 16.5. The number of carbonyl (C=O) groups is 1. The van der Waals surface area contributed by atoms with Crippen molar-refractivity contribution in [2.45, 2.75) is 4.21 Å². The molecule has 2 aromatic heterocycles. The lowest BCUT2D eigenvalue weighted by molar-refractivity contribution is 0.0692. The van der Waals surface area contributed by atoms with E-state index in [0.717, 1.165) is 3.79 Å². The van der Waals surface area contributed by atoms with Gasteiger partial charge in [0.15, 0.2) is 0 Å². The van der Waals surface area contributed by atoms with Crippen molar-refractivity contribution in [1.82, 2.24) is 14.2 Å². The van der Waals surface area contributed by atoms with Crippen LogP contribution >= 0.6 is 27.3 Å². The minimum Gasteiger partial charge on any atom is -0.335 e. The van der Waals surface area contributed by atoms with Crippen molar-refractivity contribution >= 4 is 43.2 Å². The molecule has 0 atom stereocenters. The molecule has 1 aliphatic rings. The lowest BCUT2D eigenvalue weighted by Gasteiger charge is -2.33. The predicted octanol–water partition coefficient (Wildman–Crippen LogP) is 2.05. The molecule has 2 aromatic rings. The number of amides is 1. The summed E-state index contributed by atoms with van der Waals surface area (Å²) in [7, 11) is -3.49. The summed E-state index contributed by atoms with van der Waals surface area (Å²) in [6, 6.07) is 8.48. The molecular formula is C14H14BrN3O3S2. The van der Waals surface area contributed by atoms with Crippen LogP contribution in [0.25, 0.3) is 0 Å². The molecule has 9 heteroatoms. The maximum atomic E-state index is 12.5. The van der Waals surface area contributed by atoms with Crippen molar-refractivity contribution in [3.05, 3.63) is 46.0 Å². The Hall–Kier alpha value is -1.29. The van der Waals surface area contributed by atoms with Crippen molar-refractivity contribution < 1.29 is 13.2 Å². The summed E-state index contributed by atoms with van der Waals surface area (Å²) >= 11 is 4.47. The summed E-state index contributed by atoms with van der Waals surface area (Å²) in [6.07, 6.45) is 1.57. The number of halogens is 1. The van der Waals surface area contributed by atoms with Gasteiger partial charge < -0.3 is 4.90 Å². The van der Waals surface area contributed by atoms with Gasteiger partial charge in [-0.1, -0.05) is 6.07 Å². The Bertz CT molecular complexity index is 800. The summed E-state index contributed by atoms with van der Waals surface area (Å²) in [5.74, 6) is -0.165. The number of sulfonamides is 1. The molecule has 1 fully saturated rings. The molecule has 3 rings (SSSR count). The van der Waals surface area contributed by atoms with Gasteiger partial charge in [0.25, 0.3) is 15.9 Å². The number of rotatable bonds is 3. The molecule has 3 heterocycles. The Kier molecular flexibility index (Phi) is 4.81. The summed E-state index contributed by atoms with van der Waals surface area (Å²) in [5.41, 5.74) is 0.381. The van der Waals surface area contributed by atoms with E-state index in [1.807, 2.05) is 0 Å². The van der Waals surface area contributed by atoms with Gasteiger partial charge >= 0.3 is 0 Å². The van der Waals surface area contributed by atoms with Gasteiger partial charge in [-0.3, -0.25) is 9.78 Å². The molecule has 1 amide bonds. The molecule has 23 heavy (non-hydrogen) atoms. The van der Waals surface area contributed by atoms with Gasteiger partial charge in [-0.2, -0.15) is 4.31 Å². The topological polar surface area (TPSA) is 70.6 Å². The summed E-state index contributed by atoms with van der Waals surface area (Å²) in [4.78, 5) is 18.0. The summed E-state index contributed by atoms with van der Waals surface area (Å²) < 4.78 is 27.6. The van der Waals surface area contributed by atoms with Gasteiger partial charge in [-0.25, -0.2) is 8.42 Å². The second kappa shape index (κ2) is 6.68. The first kappa shape index (κ1) is 16.6. The Morgan fingerprint density at radius 3 is 2.43 bits per heavy atom. The van der Waals surface area contributed by atoms with Crippen LogP contribution in [0.4, 0.5) is 0 Å². The molecule has 0 bridgehead atoms. The van der Waals surface area contributed by atoms with Gasteiger partial charge in [0.05, 0.1) is 3.79 Å². The number of pyridine rings is 1. The van der Waals surface area contributed by atoms with Crippen LogP contribution < -0.4 is 0 Å². The standard InChI is InChI=1S/C14H14BrN3O3S2/c15-12-4-5-13(22-12)23(20,21)18-9-7-17(8-10-18)14(19)11-3-1-2-6-16-11/h1-6H,7-10H2. The molecule has 0 unspecified atom stereocenters. The van der Waals surface area contributed by atoms with Crippen molar-refractivity contribution in [2.75, 3.05) is 26.2 Å². The van der Waals surface area contributed by atoms with Gasteiger partial charge in [0.2, 0.25) is 0 Å². The Balaban J connectivity index is 1.68. The monoisotopic (exact) mass is 415 g/mol. The van der Waals surface area contributed by atoms with E-state index in [2.05, 4.69) is 20.9 Å². The third-order valence-corrected chi connectivity index (χ3v) is 7.54. The second-order valence-electron chi connectivity index (χ2n) is 4.97. The van der Waals surface area contributed by atoms with Crippen molar-refractivity contribution in [2.24, 2.45) is 0 Å². The van der Waals surface area contributed by atoms with Crippen molar-refractivity contribution in [1.29, 1.82) is 0 Å². The van der Waals surface area contributed by atoms with Gasteiger partial charge in [-0.05, 0) is 40.2 Å². The Morgan fingerprint density at radius 1 is 1.13 bits per heavy atom. The number of aromatic nitrogens is 1. The molecule has 0 saturated carbocycles.